The quantitative estimate of drug-likeness (QED) is 0.794. The third-order valence-electron chi connectivity index (χ3n) is 2.96. The van der Waals surface area contributed by atoms with Gasteiger partial charge >= 0.3 is 0 Å². The van der Waals surface area contributed by atoms with Crippen LogP contribution in [0.5, 0.6) is 0 Å². The van der Waals surface area contributed by atoms with Gasteiger partial charge in [0.05, 0.1) is 12.1 Å². The van der Waals surface area contributed by atoms with Crippen LogP contribution in [0.4, 0.5) is 0 Å². The van der Waals surface area contributed by atoms with Gasteiger partial charge in [0.15, 0.2) is 6.29 Å². The average Bonchev–Trinajstić information content (AvgIpc) is 3.11. The van der Waals surface area contributed by atoms with Crippen molar-refractivity contribution in [3.8, 4) is 0 Å². The molecule has 2 rings (SSSR count). The van der Waals surface area contributed by atoms with Crippen LogP contribution in [0.1, 0.15) is 22.7 Å². The highest BCUT2D eigenvalue weighted by Crippen LogP contribution is 2.29. The number of hydrogen-bond donors (Lipinski definition) is 1. The van der Waals surface area contributed by atoms with Crippen molar-refractivity contribution in [2.75, 3.05) is 14.2 Å². The third kappa shape index (κ3) is 3.64. The van der Waals surface area contributed by atoms with Crippen LogP contribution in [0.3, 0.4) is 0 Å². The van der Waals surface area contributed by atoms with Gasteiger partial charge in [-0.25, -0.2) is 0 Å². The van der Waals surface area contributed by atoms with Crippen LogP contribution in [0.25, 0.3) is 0 Å². The topological polar surface area (TPSA) is 30.5 Å². The van der Waals surface area contributed by atoms with Crippen LogP contribution in [0, 0.1) is 0 Å². The maximum atomic E-state index is 5.32. The van der Waals surface area contributed by atoms with Gasteiger partial charge in [0, 0.05) is 24.0 Å². The Morgan fingerprint density at radius 2 is 1.53 bits per heavy atom. The largest absolute Gasteiger partial charge is 0.354 e. The van der Waals surface area contributed by atoms with E-state index in [2.05, 4.69) is 47.3 Å². The molecular formula is C14H19NO2S2. The number of hydrogen-bond acceptors (Lipinski definition) is 5. The van der Waals surface area contributed by atoms with E-state index >= 15 is 0 Å². The fraction of sp³-hybridized carbons (Fsp3) is 0.429. The molecule has 1 unspecified atom stereocenters. The number of rotatable bonds is 7. The maximum Gasteiger partial charge on any atom is 0.171 e. The predicted octanol–water partition coefficient (Wildman–Crippen LogP) is 3.50. The number of ether oxygens (including phenoxy) is 2. The van der Waals surface area contributed by atoms with Crippen LogP contribution in [0.2, 0.25) is 0 Å². The van der Waals surface area contributed by atoms with E-state index in [1.165, 1.54) is 9.75 Å². The fourth-order valence-corrected chi connectivity index (χ4v) is 3.74. The minimum Gasteiger partial charge on any atom is -0.354 e. The van der Waals surface area contributed by atoms with Crippen LogP contribution >= 0.6 is 22.7 Å². The molecule has 2 aromatic heterocycles. The lowest BCUT2D eigenvalue weighted by atomic mass is 10.1. The van der Waals surface area contributed by atoms with E-state index in [9.17, 15) is 0 Å². The lowest BCUT2D eigenvalue weighted by molar-refractivity contribution is -0.120. The van der Waals surface area contributed by atoms with E-state index in [1.807, 2.05) is 0 Å². The van der Waals surface area contributed by atoms with Crippen molar-refractivity contribution in [2.24, 2.45) is 0 Å². The van der Waals surface area contributed by atoms with Gasteiger partial charge in [-0.2, -0.15) is 0 Å². The Bertz CT molecular complexity index is 418. The van der Waals surface area contributed by atoms with Crippen molar-refractivity contribution in [1.82, 2.24) is 5.32 Å². The van der Waals surface area contributed by atoms with E-state index in [4.69, 9.17) is 9.47 Å². The van der Waals surface area contributed by atoms with Crippen molar-refractivity contribution < 1.29 is 9.47 Å². The lowest BCUT2D eigenvalue weighted by Gasteiger charge is -2.26. The molecule has 0 saturated carbocycles. The summed E-state index contributed by atoms with van der Waals surface area (Å²) >= 11 is 3.52. The molecule has 0 bridgehead atoms. The normalized spacial score (nSPS) is 13.3. The van der Waals surface area contributed by atoms with Gasteiger partial charge in [0.25, 0.3) is 0 Å². The molecular weight excluding hydrogens is 278 g/mol. The molecule has 0 saturated heterocycles. The molecule has 0 fully saturated rings. The molecule has 104 valence electrons. The number of nitrogens with one attached hydrogen (secondary N) is 1. The molecule has 19 heavy (non-hydrogen) atoms. The van der Waals surface area contributed by atoms with Gasteiger partial charge in [0.1, 0.15) is 0 Å². The summed E-state index contributed by atoms with van der Waals surface area (Å²) in [6.07, 6.45) is -0.248. The second-order valence-electron chi connectivity index (χ2n) is 4.26. The summed E-state index contributed by atoms with van der Waals surface area (Å²) in [5.41, 5.74) is 0. The predicted molar refractivity (Wildman–Crippen MR) is 80.9 cm³/mol. The molecule has 3 nitrogen and oxygen atoms in total. The standard InChI is InChI=1S/C14H19NO2S2/c1-10(14(16-2)17-3)15-13(11-6-4-8-18-11)12-7-5-9-19-12/h4-10,13-15H,1-3H3. The summed E-state index contributed by atoms with van der Waals surface area (Å²) in [5, 5.41) is 7.80. The molecule has 1 atom stereocenters. The highest BCUT2D eigenvalue weighted by molar-refractivity contribution is 7.11. The van der Waals surface area contributed by atoms with Gasteiger partial charge < -0.3 is 9.47 Å². The first-order chi connectivity index (χ1) is 9.26. The fourth-order valence-electron chi connectivity index (χ4n) is 2.06. The van der Waals surface area contributed by atoms with Gasteiger partial charge in [-0.15, -0.1) is 22.7 Å². The highest BCUT2D eigenvalue weighted by atomic mass is 32.1. The minimum atomic E-state index is -0.248. The molecule has 0 aromatic carbocycles. The van der Waals surface area contributed by atoms with Crippen molar-refractivity contribution in [1.29, 1.82) is 0 Å². The molecule has 2 aromatic rings. The molecule has 0 aliphatic rings. The summed E-state index contributed by atoms with van der Waals surface area (Å²) in [5.74, 6) is 0. The van der Waals surface area contributed by atoms with Crippen molar-refractivity contribution in [3.63, 3.8) is 0 Å². The molecule has 0 spiro atoms. The van der Waals surface area contributed by atoms with E-state index in [-0.39, 0.29) is 18.4 Å². The zero-order chi connectivity index (χ0) is 13.7. The van der Waals surface area contributed by atoms with Gasteiger partial charge in [-0.05, 0) is 29.8 Å². The zero-order valence-corrected chi connectivity index (χ0v) is 13.0. The first-order valence-electron chi connectivity index (χ1n) is 6.14. The van der Waals surface area contributed by atoms with Crippen LogP contribution in [-0.2, 0) is 9.47 Å². The van der Waals surface area contributed by atoms with Gasteiger partial charge in [-0.1, -0.05) is 12.1 Å². The summed E-state index contributed by atoms with van der Waals surface area (Å²) in [7, 11) is 3.33. The number of methoxy groups -OCH3 is 2. The van der Waals surface area contributed by atoms with Crippen LogP contribution in [-0.4, -0.2) is 26.6 Å². The SMILES string of the molecule is COC(OC)C(C)NC(c1cccs1)c1cccs1. The van der Waals surface area contributed by atoms with E-state index < -0.39 is 0 Å². The molecule has 0 amide bonds. The summed E-state index contributed by atoms with van der Waals surface area (Å²) in [6, 6.07) is 8.77. The summed E-state index contributed by atoms with van der Waals surface area (Å²) in [4.78, 5) is 2.61. The Labute approximate surface area is 122 Å². The molecule has 0 aliphatic carbocycles. The monoisotopic (exact) mass is 297 g/mol. The van der Waals surface area contributed by atoms with Crippen molar-refractivity contribution >= 4 is 22.7 Å². The Hall–Kier alpha value is -0.720. The first kappa shape index (κ1) is 14.7. The lowest BCUT2D eigenvalue weighted by Crippen LogP contribution is -2.41. The number of thiophene rings is 2. The Balaban J connectivity index is 2.15. The van der Waals surface area contributed by atoms with Crippen LogP contribution in [0.15, 0.2) is 35.0 Å². The Kier molecular flexibility index (Phi) is 5.54. The third-order valence-corrected chi connectivity index (χ3v) is 4.83. The molecule has 0 aliphatic heterocycles. The van der Waals surface area contributed by atoms with Gasteiger partial charge in [0.2, 0.25) is 0 Å². The second-order valence-corrected chi connectivity index (χ2v) is 6.22. The summed E-state index contributed by atoms with van der Waals surface area (Å²) < 4.78 is 10.6. The van der Waals surface area contributed by atoms with E-state index in [0.29, 0.717) is 0 Å². The minimum absolute atomic E-state index is 0.101. The maximum absolute atomic E-state index is 5.32. The summed E-state index contributed by atoms with van der Waals surface area (Å²) in [6.45, 7) is 2.08. The van der Waals surface area contributed by atoms with Gasteiger partial charge in [-0.3, -0.25) is 5.32 Å². The Morgan fingerprint density at radius 1 is 1.00 bits per heavy atom. The second kappa shape index (κ2) is 7.17. The first-order valence-corrected chi connectivity index (χ1v) is 7.90. The van der Waals surface area contributed by atoms with Crippen molar-refractivity contribution in [2.45, 2.75) is 25.3 Å². The Morgan fingerprint density at radius 3 is 1.89 bits per heavy atom. The van der Waals surface area contributed by atoms with Crippen molar-refractivity contribution in [3.05, 3.63) is 44.8 Å². The van der Waals surface area contributed by atoms with Crippen LogP contribution < -0.4 is 5.32 Å². The van der Waals surface area contributed by atoms with E-state index in [0.717, 1.165) is 0 Å². The van der Waals surface area contributed by atoms with E-state index in [1.54, 1.807) is 36.9 Å². The smallest absolute Gasteiger partial charge is 0.171 e. The molecule has 5 heteroatoms. The molecule has 0 radical (unpaired) electrons. The highest BCUT2D eigenvalue weighted by Gasteiger charge is 2.23. The molecule has 2 heterocycles. The molecule has 1 N–H and O–H groups in total. The zero-order valence-electron chi connectivity index (χ0n) is 11.3. The average molecular weight is 297 g/mol.